The molecule has 3 rings (SSSR count). The van der Waals surface area contributed by atoms with Gasteiger partial charge >= 0.3 is 0 Å². The van der Waals surface area contributed by atoms with Crippen molar-refractivity contribution in [3.8, 4) is 0 Å². The Labute approximate surface area is 114 Å². The Morgan fingerprint density at radius 1 is 1.16 bits per heavy atom. The number of benzene rings is 2. The molecule has 0 radical (unpaired) electrons. The molecule has 1 heterocycles. The van der Waals surface area contributed by atoms with Gasteiger partial charge in [-0.05, 0) is 42.2 Å². The molecule has 0 amide bonds. The zero-order chi connectivity index (χ0) is 13.4. The lowest BCUT2D eigenvalue weighted by atomic mass is 9.89. The van der Waals surface area contributed by atoms with E-state index in [0.717, 1.165) is 17.4 Å². The summed E-state index contributed by atoms with van der Waals surface area (Å²) in [7, 11) is 0. The monoisotopic (exact) mass is 256 g/mol. The molecule has 1 aliphatic heterocycles. The second-order valence-corrected chi connectivity index (χ2v) is 5.60. The van der Waals surface area contributed by atoms with Crippen molar-refractivity contribution in [3.63, 3.8) is 0 Å². The quantitative estimate of drug-likeness (QED) is 0.889. The lowest BCUT2D eigenvalue weighted by Gasteiger charge is -2.19. The molecule has 2 heteroatoms. The van der Waals surface area contributed by atoms with Crippen LogP contribution in [0.2, 0.25) is 0 Å². The van der Waals surface area contributed by atoms with E-state index in [-0.39, 0.29) is 12.0 Å². The highest BCUT2D eigenvalue weighted by molar-refractivity contribution is 5.88. The molecule has 0 saturated carbocycles. The van der Waals surface area contributed by atoms with Crippen LogP contribution in [-0.2, 0) is 4.74 Å². The fourth-order valence-corrected chi connectivity index (χ4v) is 3.06. The van der Waals surface area contributed by atoms with E-state index in [0.29, 0.717) is 6.61 Å². The molecule has 2 nitrogen and oxygen atoms in total. The predicted octanol–water partition coefficient (Wildman–Crippen LogP) is 3.61. The van der Waals surface area contributed by atoms with E-state index in [1.165, 1.54) is 10.9 Å². The maximum absolute atomic E-state index is 10.6. The van der Waals surface area contributed by atoms with Gasteiger partial charge in [-0.25, -0.2) is 0 Å². The van der Waals surface area contributed by atoms with Gasteiger partial charge in [-0.15, -0.1) is 0 Å². The molecule has 100 valence electrons. The summed E-state index contributed by atoms with van der Waals surface area (Å²) >= 11 is 0. The minimum absolute atomic E-state index is 0.209. The van der Waals surface area contributed by atoms with E-state index in [4.69, 9.17) is 4.74 Å². The van der Waals surface area contributed by atoms with Crippen LogP contribution in [0.5, 0.6) is 0 Å². The Morgan fingerprint density at radius 2 is 1.89 bits per heavy atom. The third-order valence-electron chi connectivity index (χ3n) is 4.17. The maximum Gasteiger partial charge on any atom is 0.0847 e. The number of aryl methyl sites for hydroxylation is 1. The minimum Gasteiger partial charge on any atom is -0.388 e. The molecule has 0 spiro atoms. The number of hydrogen-bond donors (Lipinski definition) is 1. The Kier molecular flexibility index (Phi) is 3.29. The first-order valence-corrected chi connectivity index (χ1v) is 6.94. The van der Waals surface area contributed by atoms with Crippen molar-refractivity contribution in [3.05, 3.63) is 47.5 Å². The van der Waals surface area contributed by atoms with Crippen molar-refractivity contribution in [2.45, 2.75) is 32.5 Å². The molecule has 0 aromatic heterocycles. The molecular formula is C17H20O2. The smallest absolute Gasteiger partial charge is 0.0847 e. The Morgan fingerprint density at radius 3 is 2.58 bits per heavy atom. The first-order chi connectivity index (χ1) is 9.16. The standard InChI is InChI=1S/C17H20O2/c1-11-7-8-16(15-6-4-3-5-14(11)15)17(18)13-9-12(2)19-10-13/h3-8,12-13,17-18H,9-10H2,1-2H3. The molecule has 1 fully saturated rings. The van der Waals surface area contributed by atoms with E-state index in [9.17, 15) is 5.11 Å². The largest absolute Gasteiger partial charge is 0.388 e. The number of aliphatic hydroxyl groups is 1. The minimum atomic E-state index is -0.435. The molecule has 2 aromatic carbocycles. The summed E-state index contributed by atoms with van der Waals surface area (Å²) in [5.41, 5.74) is 2.28. The van der Waals surface area contributed by atoms with Crippen molar-refractivity contribution in [2.75, 3.05) is 6.61 Å². The zero-order valence-electron chi connectivity index (χ0n) is 11.5. The van der Waals surface area contributed by atoms with Gasteiger partial charge in [0.15, 0.2) is 0 Å². The van der Waals surface area contributed by atoms with Crippen LogP contribution in [0.15, 0.2) is 36.4 Å². The zero-order valence-corrected chi connectivity index (χ0v) is 11.5. The van der Waals surface area contributed by atoms with Crippen molar-refractivity contribution in [2.24, 2.45) is 5.92 Å². The van der Waals surface area contributed by atoms with Gasteiger partial charge in [-0.3, -0.25) is 0 Å². The van der Waals surface area contributed by atoms with Crippen LogP contribution in [0.1, 0.15) is 30.6 Å². The summed E-state index contributed by atoms with van der Waals surface area (Å²) in [4.78, 5) is 0. The van der Waals surface area contributed by atoms with Crippen molar-refractivity contribution in [1.82, 2.24) is 0 Å². The average molecular weight is 256 g/mol. The molecule has 1 aliphatic rings. The Hall–Kier alpha value is -1.38. The highest BCUT2D eigenvalue weighted by Crippen LogP contribution is 2.35. The van der Waals surface area contributed by atoms with Gasteiger partial charge in [0.25, 0.3) is 0 Å². The molecule has 2 aromatic rings. The number of fused-ring (bicyclic) bond motifs is 1. The maximum atomic E-state index is 10.6. The van der Waals surface area contributed by atoms with E-state index < -0.39 is 6.10 Å². The summed E-state index contributed by atoms with van der Waals surface area (Å²) in [5.74, 6) is 0.209. The molecule has 19 heavy (non-hydrogen) atoms. The molecule has 1 N–H and O–H groups in total. The van der Waals surface area contributed by atoms with Crippen LogP contribution < -0.4 is 0 Å². The third kappa shape index (κ3) is 2.26. The van der Waals surface area contributed by atoms with Gasteiger partial charge in [0.2, 0.25) is 0 Å². The van der Waals surface area contributed by atoms with E-state index in [1.807, 2.05) is 12.1 Å². The van der Waals surface area contributed by atoms with Crippen LogP contribution >= 0.6 is 0 Å². The van der Waals surface area contributed by atoms with Crippen LogP contribution in [0.4, 0.5) is 0 Å². The first-order valence-electron chi connectivity index (χ1n) is 6.94. The first kappa shape index (κ1) is 12.6. The second kappa shape index (κ2) is 4.95. The highest BCUT2D eigenvalue weighted by atomic mass is 16.5. The number of ether oxygens (including phenoxy) is 1. The number of aliphatic hydroxyl groups excluding tert-OH is 1. The summed E-state index contributed by atoms with van der Waals surface area (Å²) in [6, 6.07) is 12.5. The summed E-state index contributed by atoms with van der Waals surface area (Å²) < 4.78 is 5.58. The molecule has 3 unspecified atom stereocenters. The van der Waals surface area contributed by atoms with Gasteiger partial charge in [-0.2, -0.15) is 0 Å². The van der Waals surface area contributed by atoms with Gasteiger partial charge in [0, 0.05) is 5.92 Å². The van der Waals surface area contributed by atoms with Gasteiger partial charge in [0.1, 0.15) is 0 Å². The fourth-order valence-electron chi connectivity index (χ4n) is 3.06. The van der Waals surface area contributed by atoms with Gasteiger partial charge in [-0.1, -0.05) is 36.4 Å². The van der Waals surface area contributed by atoms with Crippen molar-refractivity contribution < 1.29 is 9.84 Å². The van der Waals surface area contributed by atoms with Crippen LogP contribution in [0.3, 0.4) is 0 Å². The van der Waals surface area contributed by atoms with Gasteiger partial charge < -0.3 is 9.84 Å². The van der Waals surface area contributed by atoms with Crippen LogP contribution in [0.25, 0.3) is 10.8 Å². The lowest BCUT2D eigenvalue weighted by Crippen LogP contribution is -2.13. The second-order valence-electron chi connectivity index (χ2n) is 5.60. The van der Waals surface area contributed by atoms with Crippen LogP contribution in [0, 0.1) is 12.8 Å². The van der Waals surface area contributed by atoms with E-state index >= 15 is 0 Å². The lowest BCUT2D eigenvalue weighted by molar-refractivity contribution is 0.0811. The molecule has 3 atom stereocenters. The molecule has 1 saturated heterocycles. The Bertz CT molecular complexity index is 591. The normalized spacial score (nSPS) is 24.8. The SMILES string of the molecule is Cc1ccc(C(O)C2COC(C)C2)c2ccccc12. The summed E-state index contributed by atoms with van der Waals surface area (Å²) in [6.45, 7) is 4.84. The highest BCUT2D eigenvalue weighted by Gasteiger charge is 2.30. The van der Waals surface area contributed by atoms with E-state index in [1.54, 1.807) is 0 Å². The Balaban J connectivity index is 2.03. The molecular weight excluding hydrogens is 236 g/mol. The topological polar surface area (TPSA) is 29.5 Å². The predicted molar refractivity (Wildman–Crippen MR) is 77.2 cm³/mol. The third-order valence-corrected chi connectivity index (χ3v) is 4.17. The summed E-state index contributed by atoms with van der Waals surface area (Å²) in [6.07, 6.45) is 0.760. The summed E-state index contributed by atoms with van der Waals surface area (Å²) in [5, 5.41) is 13.0. The molecule has 0 bridgehead atoms. The fraction of sp³-hybridized carbons (Fsp3) is 0.412. The van der Waals surface area contributed by atoms with Crippen molar-refractivity contribution >= 4 is 10.8 Å². The number of hydrogen-bond acceptors (Lipinski definition) is 2. The van der Waals surface area contributed by atoms with Crippen LogP contribution in [-0.4, -0.2) is 17.8 Å². The molecule has 0 aliphatic carbocycles. The average Bonchev–Trinajstić information content (AvgIpc) is 2.86. The van der Waals surface area contributed by atoms with Crippen molar-refractivity contribution in [1.29, 1.82) is 0 Å². The van der Waals surface area contributed by atoms with E-state index in [2.05, 4.69) is 38.1 Å². The number of rotatable bonds is 2. The van der Waals surface area contributed by atoms with Gasteiger partial charge in [0.05, 0.1) is 18.8 Å².